The summed E-state index contributed by atoms with van der Waals surface area (Å²) in [7, 11) is 1.71. The van der Waals surface area contributed by atoms with Crippen LogP contribution in [0.4, 0.5) is 18.9 Å². The topological polar surface area (TPSA) is 34.0 Å². The Morgan fingerprint density at radius 1 is 1.04 bits per heavy atom. The van der Waals surface area contributed by atoms with Crippen LogP contribution in [-0.4, -0.2) is 10.5 Å². The maximum atomic E-state index is 13.7. The van der Waals surface area contributed by atoms with Gasteiger partial charge in [-0.25, -0.2) is 13.2 Å². The van der Waals surface area contributed by atoms with Crippen molar-refractivity contribution in [3.05, 3.63) is 65.1 Å². The molecule has 6 heteroatoms. The third-order valence-corrected chi connectivity index (χ3v) is 3.86. The van der Waals surface area contributed by atoms with Crippen LogP contribution in [0, 0.1) is 24.4 Å². The minimum atomic E-state index is -1.61. The highest BCUT2D eigenvalue weighted by Crippen LogP contribution is 2.26. The number of fused-ring (bicyclic) bond motifs is 1. The van der Waals surface area contributed by atoms with Gasteiger partial charge in [0.25, 0.3) is 5.91 Å². The number of hydrogen-bond acceptors (Lipinski definition) is 1. The fraction of sp³-hybridized carbons (Fsp3) is 0.118. The third kappa shape index (κ3) is 2.36. The number of carbonyl (C=O) groups excluding carboxylic acids is 1. The van der Waals surface area contributed by atoms with Gasteiger partial charge in [-0.2, -0.15) is 0 Å². The fourth-order valence-corrected chi connectivity index (χ4v) is 2.71. The van der Waals surface area contributed by atoms with Crippen molar-refractivity contribution in [2.75, 3.05) is 5.32 Å². The summed E-state index contributed by atoms with van der Waals surface area (Å²) in [6, 6.07) is 9.19. The molecule has 0 saturated carbocycles. The molecule has 2 aromatic carbocycles. The van der Waals surface area contributed by atoms with E-state index in [1.807, 2.05) is 24.3 Å². The van der Waals surface area contributed by atoms with E-state index in [1.165, 1.54) is 0 Å². The van der Waals surface area contributed by atoms with Crippen molar-refractivity contribution >= 4 is 22.5 Å². The number of rotatable bonds is 2. The summed E-state index contributed by atoms with van der Waals surface area (Å²) in [5.74, 6) is -4.93. The lowest BCUT2D eigenvalue weighted by molar-refractivity contribution is 0.101. The minimum Gasteiger partial charge on any atom is -0.339 e. The molecule has 3 rings (SSSR count). The van der Waals surface area contributed by atoms with Gasteiger partial charge in [0.15, 0.2) is 17.5 Å². The molecule has 0 fully saturated rings. The van der Waals surface area contributed by atoms with Gasteiger partial charge < -0.3 is 9.88 Å². The summed E-state index contributed by atoms with van der Waals surface area (Å²) in [5.41, 5.74) is 1.50. The second-order valence-electron chi connectivity index (χ2n) is 5.23. The Hall–Kier alpha value is -2.76. The molecule has 1 amide bonds. The zero-order valence-corrected chi connectivity index (χ0v) is 12.5. The van der Waals surface area contributed by atoms with Gasteiger partial charge in [-0.3, -0.25) is 4.79 Å². The van der Waals surface area contributed by atoms with Crippen molar-refractivity contribution in [3.8, 4) is 0 Å². The molecule has 0 unspecified atom stereocenters. The van der Waals surface area contributed by atoms with Crippen molar-refractivity contribution in [1.29, 1.82) is 0 Å². The largest absolute Gasteiger partial charge is 0.339 e. The summed E-state index contributed by atoms with van der Waals surface area (Å²) in [5, 5.41) is 3.19. The van der Waals surface area contributed by atoms with Gasteiger partial charge in [0.2, 0.25) is 0 Å². The lowest BCUT2D eigenvalue weighted by Gasteiger charge is -2.09. The number of amides is 1. The van der Waals surface area contributed by atoms with E-state index in [9.17, 15) is 18.0 Å². The van der Waals surface area contributed by atoms with Crippen LogP contribution in [0.3, 0.4) is 0 Å². The highest BCUT2D eigenvalue weighted by Gasteiger charge is 2.21. The average molecular weight is 318 g/mol. The van der Waals surface area contributed by atoms with Crippen LogP contribution < -0.4 is 5.32 Å². The first-order chi connectivity index (χ1) is 10.9. The van der Waals surface area contributed by atoms with E-state index in [2.05, 4.69) is 5.32 Å². The number of benzene rings is 2. The number of aryl methyl sites for hydroxylation is 2. The van der Waals surface area contributed by atoms with Gasteiger partial charge in [0.1, 0.15) is 5.69 Å². The SMILES string of the molecule is Cc1c(C(=O)Nc2ccc(F)c(F)c2F)n(C)c2ccccc12. The first-order valence-corrected chi connectivity index (χ1v) is 6.90. The molecule has 1 N–H and O–H groups in total. The Morgan fingerprint density at radius 3 is 2.43 bits per heavy atom. The quantitative estimate of drug-likeness (QED) is 0.707. The van der Waals surface area contributed by atoms with Gasteiger partial charge in [-0.05, 0) is 30.7 Å². The number of para-hydroxylation sites is 1. The Bertz CT molecular complexity index is 892. The second-order valence-corrected chi connectivity index (χ2v) is 5.23. The molecular formula is C17H13F3N2O. The van der Waals surface area contributed by atoms with Crippen molar-refractivity contribution < 1.29 is 18.0 Å². The average Bonchev–Trinajstić information content (AvgIpc) is 2.80. The van der Waals surface area contributed by atoms with Crippen LogP contribution >= 0.6 is 0 Å². The summed E-state index contributed by atoms with van der Waals surface area (Å²) in [6.07, 6.45) is 0. The number of hydrogen-bond donors (Lipinski definition) is 1. The van der Waals surface area contributed by atoms with Crippen molar-refractivity contribution in [2.24, 2.45) is 7.05 Å². The minimum absolute atomic E-state index is 0.329. The van der Waals surface area contributed by atoms with E-state index in [4.69, 9.17) is 0 Å². The van der Waals surface area contributed by atoms with Crippen molar-refractivity contribution in [1.82, 2.24) is 4.57 Å². The Labute approximate surface area is 130 Å². The maximum absolute atomic E-state index is 13.7. The Kier molecular flexibility index (Phi) is 3.60. The first kappa shape index (κ1) is 15.1. The normalized spacial score (nSPS) is 11.0. The summed E-state index contributed by atoms with van der Waals surface area (Å²) in [6.45, 7) is 1.78. The van der Waals surface area contributed by atoms with Gasteiger partial charge in [-0.1, -0.05) is 18.2 Å². The van der Waals surface area contributed by atoms with E-state index in [1.54, 1.807) is 18.5 Å². The van der Waals surface area contributed by atoms with Gasteiger partial charge >= 0.3 is 0 Å². The number of carbonyl (C=O) groups is 1. The summed E-state index contributed by atoms with van der Waals surface area (Å²) < 4.78 is 41.6. The number of anilines is 1. The zero-order chi connectivity index (χ0) is 16.7. The lowest BCUT2D eigenvalue weighted by atomic mass is 10.1. The molecule has 0 atom stereocenters. The molecule has 0 aliphatic heterocycles. The van der Waals surface area contributed by atoms with Crippen LogP contribution in [0.1, 0.15) is 16.1 Å². The highest BCUT2D eigenvalue weighted by molar-refractivity contribution is 6.08. The highest BCUT2D eigenvalue weighted by atomic mass is 19.2. The number of aromatic nitrogens is 1. The van der Waals surface area contributed by atoms with Crippen LogP contribution in [0.15, 0.2) is 36.4 Å². The zero-order valence-electron chi connectivity index (χ0n) is 12.5. The molecule has 0 aliphatic rings. The van der Waals surface area contributed by atoms with Crippen molar-refractivity contribution in [3.63, 3.8) is 0 Å². The van der Waals surface area contributed by atoms with Gasteiger partial charge in [-0.15, -0.1) is 0 Å². The molecule has 118 valence electrons. The first-order valence-electron chi connectivity index (χ1n) is 6.90. The number of halogens is 3. The number of nitrogens with zero attached hydrogens (tertiary/aromatic N) is 1. The van der Waals surface area contributed by atoms with E-state index < -0.39 is 29.0 Å². The predicted octanol–water partition coefficient (Wildman–Crippen LogP) is 4.16. The molecule has 1 heterocycles. The molecular weight excluding hydrogens is 305 g/mol. The van der Waals surface area contributed by atoms with E-state index in [-0.39, 0.29) is 0 Å². The molecule has 3 nitrogen and oxygen atoms in total. The summed E-state index contributed by atoms with van der Waals surface area (Å²) >= 11 is 0. The Morgan fingerprint density at radius 2 is 1.74 bits per heavy atom. The summed E-state index contributed by atoms with van der Waals surface area (Å²) in [4.78, 5) is 12.5. The monoisotopic (exact) mass is 318 g/mol. The molecule has 0 radical (unpaired) electrons. The standard InChI is InChI=1S/C17H13F3N2O/c1-9-10-5-3-4-6-13(10)22(2)16(9)17(23)21-12-8-7-11(18)14(19)15(12)20/h3-8H,1-2H3,(H,21,23). The Balaban J connectivity index is 2.04. The molecule has 0 bridgehead atoms. The van der Waals surface area contributed by atoms with Crippen LogP contribution in [0.5, 0.6) is 0 Å². The second kappa shape index (κ2) is 5.46. The number of nitrogens with one attached hydrogen (secondary N) is 1. The molecule has 3 aromatic rings. The molecule has 1 aromatic heterocycles. The van der Waals surface area contributed by atoms with Crippen LogP contribution in [-0.2, 0) is 7.05 Å². The predicted molar refractivity (Wildman–Crippen MR) is 81.9 cm³/mol. The van der Waals surface area contributed by atoms with Crippen molar-refractivity contribution in [2.45, 2.75) is 6.92 Å². The van der Waals surface area contributed by atoms with Crippen LogP contribution in [0.25, 0.3) is 10.9 Å². The third-order valence-electron chi connectivity index (χ3n) is 3.86. The van der Waals surface area contributed by atoms with E-state index in [0.29, 0.717) is 5.69 Å². The van der Waals surface area contributed by atoms with E-state index in [0.717, 1.165) is 28.6 Å². The molecule has 0 saturated heterocycles. The molecule has 23 heavy (non-hydrogen) atoms. The lowest BCUT2D eigenvalue weighted by Crippen LogP contribution is -2.18. The van der Waals surface area contributed by atoms with E-state index >= 15 is 0 Å². The maximum Gasteiger partial charge on any atom is 0.272 e. The van der Waals surface area contributed by atoms with Gasteiger partial charge in [0.05, 0.1) is 5.69 Å². The van der Waals surface area contributed by atoms with Crippen LogP contribution in [0.2, 0.25) is 0 Å². The smallest absolute Gasteiger partial charge is 0.272 e. The molecule has 0 spiro atoms. The fourth-order valence-electron chi connectivity index (χ4n) is 2.71. The molecule has 0 aliphatic carbocycles. The van der Waals surface area contributed by atoms with Gasteiger partial charge in [0, 0.05) is 18.0 Å².